The number of pyridine rings is 1. The molecule has 3 aliphatic rings. The fourth-order valence-electron chi connectivity index (χ4n) is 9.31. The molecule has 63 heavy (non-hydrogen) atoms. The average molecular weight is 899 g/mol. The Morgan fingerprint density at radius 3 is 2.44 bits per heavy atom. The summed E-state index contributed by atoms with van der Waals surface area (Å²) in [5.41, 5.74) is 9.46. The number of nitrogens with one attached hydrogen (secondary N) is 1. The first-order valence-electron chi connectivity index (χ1n) is 21.4. The van der Waals surface area contributed by atoms with Gasteiger partial charge in [-0.15, -0.1) is 0 Å². The lowest BCUT2D eigenvalue weighted by atomic mass is 9.72. The number of halogens is 1. The molecule has 8 rings (SSSR count). The van der Waals surface area contributed by atoms with Crippen LogP contribution in [-0.4, -0.2) is 84.2 Å². The number of aromatic nitrogens is 2. The summed E-state index contributed by atoms with van der Waals surface area (Å²) >= 11 is 6.27. The molecule has 332 valence electrons. The van der Waals surface area contributed by atoms with Crippen LogP contribution in [0.1, 0.15) is 81.6 Å². The standard InChI is InChI=1S/C47H53ClN6O8S/c1-46(2)16-14-34(40(27-46)32-4-6-35(48)7-5-32)29-52-20-22-54(23-21-52,36-8-10-39(44(49)55)43(25-36)62-37-24-33-15-19-50-45(33)51-28-37)63(59,60)38-9-11-42(41(26-38)53(57)58)61-30-31-12-17-47(3,56)18-13-31/h4-11,15,19,24-26,28,31,56H,12-14,16-18,20-23,27,29-30H2,1-3H3,(H2-,49,50,51,55)/p+1. The van der Waals surface area contributed by atoms with E-state index in [0.29, 0.717) is 67.4 Å². The van der Waals surface area contributed by atoms with Gasteiger partial charge in [-0.25, -0.2) is 4.98 Å². The molecule has 1 saturated heterocycles. The lowest BCUT2D eigenvalue weighted by molar-refractivity contribution is -0.386. The lowest BCUT2D eigenvalue weighted by Crippen LogP contribution is -2.63. The second kappa shape index (κ2) is 17.3. The Morgan fingerprint density at radius 1 is 1.02 bits per heavy atom. The maximum Gasteiger partial charge on any atom is 0.332 e. The number of carbonyl (C=O) groups is 1. The molecule has 14 nitrogen and oxygen atoms in total. The molecule has 2 fully saturated rings. The fraction of sp³-hybridized carbons (Fsp3) is 0.404. The van der Waals surface area contributed by atoms with E-state index in [1.807, 2.05) is 18.2 Å². The van der Waals surface area contributed by atoms with E-state index in [9.17, 15) is 20.0 Å². The molecule has 3 aromatic carbocycles. The van der Waals surface area contributed by atoms with Crippen LogP contribution < -0.4 is 19.1 Å². The number of nitro benzene ring substituents is 1. The SMILES string of the molecule is CC1(C)CCC(CN2CC[N+](c3ccc(C(N)=O)c(Oc4cnc5[nH]ccc5c4)c3)(S(=O)(=O)c3ccc(OCC4CCC(C)(O)CC4)c([N+](=O)[O-])c3)CC2)=C(c2ccc(Cl)cc2)C1. The van der Waals surface area contributed by atoms with Gasteiger partial charge in [0.15, 0.2) is 11.4 Å². The van der Waals surface area contributed by atoms with E-state index in [1.54, 1.807) is 25.3 Å². The summed E-state index contributed by atoms with van der Waals surface area (Å²) in [6.45, 7) is 8.13. The number of nitrogens with zero attached hydrogens (tertiary/aromatic N) is 4. The molecule has 1 saturated carbocycles. The zero-order chi connectivity index (χ0) is 44.7. The van der Waals surface area contributed by atoms with Crippen molar-refractivity contribution in [2.45, 2.75) is 76.2 Å². The quantitative estimate of drug-likeness (QED) is 0.0584. The second-order valence-corrected chi connectivity index (χ2v) is 20.9. The average Bonchev–Trinajstić information content (AvgIpc) is 3.72. The minimum atomic E-state index is -4.46. The Hall–Kier alpha value is -5.32. The maximum atomic E-state index is 15.4. The van der Waals surface area contributed by atoms with Crippen molar-refractivity contribution in [2.75, 3.05) is 39.3 Å². The first-order valence-corrected chi connectivity index (χ1v) is 23.2. The molecular weight excluding hydrogens is 844 g/mol. The highest BCUT2D eigenvalue weighted by atomic mass is 35.5. The highest BCUT2D eigenvalue weighted by Gasteiger charge is 2.49. The van der Waals surface area contributed by atoms with Gasteiger partial charge in [-0.2, -0.15) is 12.3 Å². The first kappa shape index (κ1) is 44.3. The van der Waals surface area contributed by atoms with Gasteiger partial charge < -0.3 is 25.3 Å². The van der Waals surface area contributed by atoms with Crippen molar-refractivity contribution >= 4 is 55.5 Å². The molecule has 0 unspecified atom stereocenters. The zero-order valence-corrected chi connectivity index (χ0v) is 37.4. The van der Waals surface area contributed by atoms with Gasteiger partial charge in [0.1, 0.15) is 35.1 Å². The summed E-state index contributed by atoms with van der Waals surface area (Å²) in [5, 5.41) is 24.4. The van der Waals surface area contributed by atoms with Crippen LogP contribution in [-0.2, 0) is 10.0 Å². The number of ether oxygens (including phenoxy) is 2. The molecular formula is C47H54ClN6O8S+. The zero-order valence-electron chi connectivity index (χ0n) is 35.8. The van der Waals surface area contributed by atoms with Crippen molar-refractivity contribution < 1.29 is 32.7 Å². The number of carbonyl (C=O) groups excluding carboxylic acids is 1. The van der Waals surface area contributed by atoms with Crippen LogP contribution in [0.4, 0.5) is 11.4 Å². The summed E-state index contributed by atoms with van der Waals surface area (Å²) < 4.78 is 42.5. The molecule has 1 aliphatic heterocycles. The number of piperazine rings is 1. The van der Waals surface area contributed by atoms with Crippen LogP contribution in [0, 0.1) is 21.4 Å². The highest BCUT2D eigenvalue weighted by molar-refractivity contribution is 7.91. The van der Waals surface area contributed by atoms with Gasteiger partial charge in [-0.05, 0) is 117 Å². The van der Waals surface area contributed by atoms with Crippen LogP contribution >= 0.6 is 11.6 Å². The fourth-order valence-corrected chi connectivity index (χ4v) is 11.4. The normalized spacial score (nSPS) is 21.6. The number of benzene rings is 3. The van der Waals surface area contributed by atoms with Gasteiger partial charge in [0, 0.05) is 54.4 Å². The topological polar surface area (TPSA) is 191 Å². The van der Waals surface area contributed by atoms with Gasteiger partial charge in [0.2, 0.25) is 0 Å². The molecule has 5 aromatic rings. The van der Waals surface area contributed by atoms with Gasteiger partial charge in [0.05, 0.1) is 28.9 Å². The number of sulfonamides is 1. The number of hydrogen-bond donors (Lipinski definition) is 3. The monoisotopic (exact) mass is 897 g/mol. The van der Waals surface area contributed by atoms with Crippen LogP contribution in [0.3, 0.4) is 0 Å². The van der Waals surface area contributed by atoms with Gasteiger partial charge in [0.25, 0.3) is 5.91 Å². The van der Waals surface area contributed by atoms with Crippen molar-refractivity contribution in [3.05, 3.63) is 117 Å². The summed E-state index contributed by atoms with van der Waals surface area (Å²) in [6, 6.07) is 19.9. The van der Waals surface area contributed by atoms with E-state index in [-0.39, 0.29) is 53.0 Å². The third-order valence-electron chi connectivity index (χ3n) is 13.2. The van der Waals surface area contributed by atoms with Gasteiger partial charge in [-0.3, -0.25) is 19.8 Å². The van der Waals surface area contributed by atoms with E-state index >= 15 is 8.42 Å². The Balaban J connectivity index is 1.15. The summed E-state index contributed by atoms with van der Waals surface area (Å²) in [4.78, 5) is 34.2. The number of primary amides is 1. The molecule has 0 bridgehead atoms. The Labute approximate surface area is 372 Å². The predicted octanol–water partition coefficient (Wildman–Crippen LogP) is 9.01. The Morgan fingerprint density at radius 2 is 1.75 bits per heavy atom. The summed E-state index contributed by atoms with van der Waals surface area (Å²) in [5.74, 6) is -0.337. The number of aromatic amines is 1. The van der Waals surface area contributed by atoms with Crippen LogP contribution in [0.25, 0.3) is 16.6 Å². The van der Waals surface area contributed by atoms with Crippen LogP contribution in [0.15, 0.2) is 95.7 Å². The van der Waals surface area contributed by atoms with Crippen molar-refractivity contribution in [2.24, 2.45) is 17.1 Å². The number of nitrogens with two attached hydrogens (primary N) is 1. The molecule has 3 heterocycles. The highest BCUT2D eigenvalue weighted by Crippen LogP contribution is 2.45. The van der Waals surface area contributed by atoms with E-state index in [1.165, 1.54) is 41.6 Å². The van der Waals surface area contributed by atoms with Crippen molar-refractivity contribution in [1.82, 2.24) is 18.8 Å². The number of hydrogen-bond acceptors (Lipinski definition) is 10. The second-order valence-electron chi connectivity index (χ2n) is 18.4. The molecule has 2 aliphatic carbocycles. The Kier molecular flexibility index (Phi) is 12.2. The number of aliphatic hydroxyl groups is 1. The van der Waals surface area contributed by atoms with Crippen molar-refractivity contribution in [3.8, 4) is 17.2 Å². The molecule has 0 atom stereocenters. The molecule has 0 radical (unpaired) electrons. The minimum absolute atomic E-state index is 0.0254. The third kappa shape index (κ3) is 9.34. The number of H-pyrrole nitrogens is 1. The third-order valence-corrected chi connectivity index (χ3v) is 15.8. The Bertz CT molecular complexity index is 2680. The van der Waals surface area contributed by atoms with Crippen molar-refractivity contribution in [1.29, 1.82) is 0 Å². The summed E-state index contributed by atoms with van der Waals surface area (Å²) in [7, 11) is -4.46. The minimum Gasteiger partial charge on any atom is -0.487 e. The lowest BCUT2D eigenvalue weighted by Gasteiger charge is -2.43. The number of allylic oxidation sites excluding steroid dienone is 1. The van der Waals surface area contributed by atoms with Gasteiger partial charge in [-0.1, -0.05) is 43.2 Å². The van der Waals surface area contributed by atoms with E-state index < -0.39 is 36.0 Å². The number of fused-ring (bicyclic) bond motifs is 1. The maximum absolute atomic E-state index is 15.4. The number of quaternary nitrogens is 1. The predicted molar refractivity (Wildman–Crippen MR) is 243 cm³/mol. The number of nitro groups is 1. The molecule has 4 N–H and O–H groups in total. The van der Waals surface area contributed by atoms with E-state index in [4.69, 9.17) is 26.8 Å². The van der Waals surface area contributed by atoms with Crippen LogP contribution in [0.5, 0.6) is 17.2 Å². The smallest absolute Gasteiger partial charge is 0.332 e. The molecule has 16 heteroatoms. The van der Waals surface area contributed by atoms with Crippen molar-refractivity contribution in [3.63, 3.8) is 0 Å². The number of rotatable bonds is 13. The molecule has 0 spiro atoms. The first-order chi connectivity index (χ1) is 29.9. The molecule has 1 amide bonds. The number of amides is 1. The van der Waals surface area contributed by atoms with E-state index in [2.05, 4.69) is 40.8 Å². The van der Waals surface area contributed by atoms with Gasteiger partial charge >= 0.3 is 15.7 Å². The summed E-state index contributed by atoms with van der Waals surface area (Å²) in [6.07, 6.45) is 8.67. The van der Waals surface area contributed by atoms with E-state index in [0.717, 1.165) is 36.3 Å². The van der Waals surface area contributed by atoms with Crippen LogP contribution in [0.2, 0.25) is 5.02 Å². The largest absolute Gasteiger partial charge is 0.487 e. The molecule has 2 aromatic heterocycles.